The molecule has 0 aromatic carbocycles. The summed E-state index contributed by atoms with van der Waals surface area (Å²) in [5.74, 6) is 0. The van der Waals surface area contributed by atoms with E-state index >= 15 is 0 Å². The third kappa shape index (κ3) is 2.02. The summed E-state index contributed by atoms with van der Waals surface area (Å²) in [4.78, 5) is 0. The standard InChI is InChI=1S/C3H5N3O3S/c1-10(7,8)6-3-5-4-2-9-3/h2H,1H3,(H,5,6). The molecule has 0 saturated carbocycles. The molecule has 1 aromatic heterocycles. The Hall–Kier alpha value is -1.11. The van der Waals surface area contributed by atoms with Crippen LogP contribution in [0.2, 0.25) is 0 Å². The van der Waals surface area contributed by atoms with Crippen molar-refractivity contribution in [3.8, 4) is 0 Å². The minimum Gasteiger partial charge on any atom is -0.410 e. The Bertz CT molecular complexity index is 289. The molecule has 0 unspecified atom stereocenters. The first-order valence-corrected chi connectivity index (χ1v) is 4.21. The molecule has 0 aliphatic carbocycles. The molecule has 0 amide bonds. The van der Waals surface area contributed by atoms with Crippen LogP contribution in [0.25, 0.3) is 0 Å². The monoisotopic (exact) mass is 163 g/mol. The van der Waals surface area contributed by atoms with Crippen LogP contribution in [-0.4, -0.2) is 24.9 Å². The number of rotatable bonds is 2. The zero-order valence-corrected chi connectivity index (χ0v) is 5.92. The fraction of sp³-hybridized carbons (Fsp3) is 0.333. The third-order valence-corrected chi connectivity index (χ3v) is 1.18. The van der Waals surface area contributed by atoms with Gasteiger partial charge in [0.05, 0.1) is 6.26 Å². The van der Waals surface area contributed by atoms with Gasteiger partial charge in [-0.05, 0) is 0 Å². The molecule has 0 radical (unpaired) electrons. The van der Waals surface area contributed by atoms with E-state index in [1.807, 2.05) is 4.72 Å². The van der Waals surface area contributed by atoms with Crippen molar-refractivity contribution >= 4 is 16.0 Å². The zero-order chi connectivity index (χ0) is 7.61. The number of hydrogen-bond acceptors (Lipinski definition) is 5. The summed E-state index contributed by atoms with van der Waals surface area (Å²) in [6.45, 7) is 0. The van der Waals surface area contributed by atoms with Crippen molar-refractivity contribution in [3.63, 3.8) is 0 Å². The average molecular weight is 163 g/mol. The molecular formula is C3H5N3O3S. The van der Waals surface area contributed by atoms with Crippen LogP contribution in [0.5, 0.6) is 0 Å². The molecule has 0 aliphatic rings. The first-order chi connectivity index (χ1) is 4.58. The number of sulfonamides is 1. The van der Waals surface area contributed by atoms with Crippen molar-refractivity contribution in [2.45, 2.75) is 0 Å². The van der Waals surface area contributed by atoms with E-state index in [-0.39, 0.29) is 6.01 Å². The lowest BCUT2D eigenvalue weighted by atomic mass is 11.2. The van der Waals surface area contributed by atoms with Crippen molar-refractivity contribution in [1.82, 2.24) is 10.2 Å². The molecule has 0 aliphatic heterocycles. The fourth-order valence-electron chi connectivity index (χ4n) is 0.376. The molecule has 0 fully saturated rings. The van der Waals surface area contributed by atoms with Gasteiger partial charge in [-0.2, -0.15) is 0 Å². The predicted octanol–water partition coefficient (Wildman–Crippen LogP) is -0.559. The van der Waals surface area contributed by atoms with E-state index in [1.165, 1.54) is 0 Å². The van der Waals surface area contributed by atoms with Crippen LogP contribution >= 0.6 is 0 Å². The van der Waals surface area contributed by atoms with E-state index in [0.29, 0.717) is 0 Å². The predicted molar refractivity (Wildman–Crippen MR) is 32.8 cm³/mol. The maximum Gasteiger partial charge on any atom is 0.329 e. The summed E-state index contributed by atoms with van der Waals surface area (Å²) < 4.78 is 27.4. The molecule has 0 saturated heterocycles. The van der Waals surface area contributed by atoms with Crippen LogP contribution in [-0.2, 0) is 10.0 Å². The number of anilines is 1. The third-order valence-electron chi connectivity index (χ3n) is 0.633. The summed E-state index contributed by atoms with van der Waals surface area (Å²) in [6, 6.07) is -0.123. The molecule has 56 valence electrons. The molecule has 1 heterocycles. The number of nitrogens with zero attached hydrogens (tertiary/aromatic N) is 2. The highest BCUT2D eigenvalue weighted by Crippen LogP contribution is 1.99. The Morgan fingerprint density at radius 3 is 2.80 bits per heavy atom. The molecule has 6 nitrogen and oxygen atoms in total. The van der Waals surface area contributed by atoms with Gasteiger partial charge in [0.1, 0.15) is 0 Å². The fourth-order valence-corrected chi connectivity index (χ4v) is 0.782. The maximum atomic E-state index is 10.5. The quantitative estimate of drug-likeness (QED) is 0.631. The lowest BCUT2D eigenvalue weighted by molar-refractivity contribution is 0.567. The van der Waals surface area contributed by atoms with Crippen LogP contribution in [0.15, 0.2) is 10.8 Å². The summed E-state index contributed by atoms with van der Waals surface area (Å²) in [5, 5.41) is 6.56. The second kappa shape index (κ2) is 2.25. The van der Waals surface area contributed by atoms with E-state index in [0.717, 1.165) is 12.6 Å². The maximum absolute atomic E-state index is 10.5. The van der Waals surface area contributed by atoms with Crippen LogP contribution in [0.3, 0.4) is 0 Å². The average Bonchev–Trinajstić information content (AvgIpc) is 2.12. The molecular weight excluding hydrogens is 158 g/mol. The van der Waals surface area contributed by atoms with Crippen molar-refractivity contribution in [2.24, 2.45) is 0 Å². The smallest absolute Gasteiger partial charge is 0.329 e. The van der Waals surface area contributed by atoms with E-state index in [1.54, 1.807) is 0 Å². The Kier molecular flexibility index (Phi) is 1.58. The van der Waals surface area contributed by atoms with Crippen molar-refractivity contribution in [2.75, 3.05) is 11.0 Å². The van der Waals surface area contributed by atoms with Crippen molar-refractivity contribution in [1.29, 1.82) is 0 Å². The molecule has 0 bridgehead atoms. The Labute approximate surface area is 57.3 Å². The Morgan fingerprint density at radius 2 is 2.40 bits per heavy atom. The minimum absolute atomic E-state index is 0.123. The second-order valence-electron chi connectivity index (χ2n) is 1.62. The molecule has 0 atom stereocenters. The largest absolute Gasteiger partial charge is 0.410 e. The van der Waals surface area contributed by atoms with E-state index in [4.69, 9.17) is 0 Å². The van der Waals surface area contributed by atoms with Gasteiger partial charge in [-0.3, -0.25) is 0 Å². The van der Waals surface area contributed by atoms with Crippen LogP contribution < -0.4 is 4.72 Å². The Balaban J connectivity index is 2.75. The molecule has 1 aromatic rings. The highest BCUT2D eigenvalue weighted by molar-refractivity contribution is 7.91. The van der Waals surface area contributed by atoms with Gasteiger partial charge in [0, 0.05) is 0 Å². The van der Waals surface area contributed by atoms with E-state index in [9.17, 15) is 8.42 Å². The zero-order valence-electron chi connectivity index (χ0n) is 5.10. The minimum atomic E-state index is -3.29. The molecule has 1 N–H and O–H groups in total. The van der Waals surface area contributed by atoms with Crippen LogP contribution in [0.4, 0.5) is 6.01 Å². The first-order valence-electron chi connectivity index (χ1n) is 2.32. The highest BCUT2D eigenvalue weighted by Gasteiger charge is 2.04. The lowest BCUT2D eigenvalue weighted by Gasteiger charge is -1.92. The van der Waals surface area contributed by atoms with Gasteiger partial charge >= 0.3 is 6.01 Å². The first kappa shape index (κ1) is 7.00. The van der Waals surface area contributed by atoms with Gasteiger partial charge in [-0.1, -0.05) is 5.10 Å². The van der Waals surface area contributed by atoms with Crippen LogP contribution in [0, 0.1) is 0 Å². The Morgan fingerprint density at radius 1 is 1.70 bits per heavy atom. The van der Waals surface area contributed by atoms with Crippen molar-refractivity contribution < 1.29 is 12.8 Å². The number of nitrogens with one attached hydrogen (secondary N) is 1. The highest BCUT2D eigenvalue weighted by atomic mass is 32.2. The summed E-state index contributed by atoms with van der Waals surface area (Å²) in [7, 11) is -3.29. The van der Waals surface area contributed by atoms with Gasteiger partial charge in [-0.25, -0.2) is 13.1 Å². The van der Waals surface area contributed by atoms with Gasteiger partial charge in [0.2, 0.25) is 16.4 Å². The molecule has 10 heavy (non-hydrogen) atoms. The number of hydrogen-bond donors (Lipinski definition) is 1. The summed E-state index contributed by atoms with van der Waals surface area (Å²) in [5.41, 5.74) is 0. The SMILES string of the molecule is CS(=O)(=O)Nc1nnco1. The topological polar surface area (TPSA) is 85.1 Å². The van der Waals surface area contributed by atoms with Gasteiger partial charge in [-0.15, -0.1) is 5.10 Å². The van der Waals surface area contributed by atoms with Gasteiger partial charge in [0.15, 0.2) is 0 Å². The van der Waals surface area contributed by atoms with Gasteiger partial charge in [0.25, 0.3) is 0 Å². The number of aromatic nitrogens is 2. The molecule has 7 heteroatoms. The second-order valence-corrected chi connectivity index (χ2v) is 3.37. The normalized spacial score (nSPS) is 11.3. The summed E-state index contributed by atoms with van der Waals surface area (Å²) in [6.07, 6.45) is 2.03. The summed E-state index contributed by atoms with van der Waals surface area (Å²) >= 11 is 0. The van der Waals surface area contributed by atoms with Gasteiger partial charge < -0.3 is 4.42 Å². The van der Waals surface area contributed by atoms with E-state index in [2.05, 4.69) is 14.6 Å². The van der Waals surface area contributed by atoms with Crippen molar-refractivity contribution in [3.05, 3.63) is 6.39 Å². The molecule has 0 spiro atoms. The van der Waals surface area contributed by atoms with E-state index < -0.39 is 10.0 Å². The lowest BCUT2D eigenvalue weighted by Crippen LogP contribution is -2.09. The van der Waals surface area contributed by atoms with Crippen LogP contribution in [0.1, 0.15) is 0 Å². The molecule has 1 rings (SSSR count).